The molecule has 0 aliphatic rings. The van der Waals surface area contributed by atoms with Gasteiger partial charge in [-0.25, -0.2) is 14.2 Å². The Bertz CT molecular complexity index is 1550. The lowest BCUT2D eigenvalue weighted by Crippen LogP contribution is -2.43. The van der Waals surface area contributed by atoms with Crippen molar-refractivity contribution >= 4 is 28.3 Å². The zero-order valence-electron chi connectivity index (χ0n) is 18.9. The Kier molecular flexibility index (Phi) is 6.62. The van der Waals surface area contributed by atoms with Gasteiger partial charge in [-0.3, -0.25) is 33.4 Å². The van der Waals surface area contributed by atoms with Crippen LogP contribution in [0.3, 0.4) is 0 Å². The Morgan fingerprint density at radius 1 is 1.26 bits per heavy atom. The number of nitrogens with zero attached hydrogens (tertiary/aromatic N) is 4. The molecule has 3 aromatic heterocycles. The molecule has 1 aromatic carbocycles. The zero-order valence-corrected chi connectivity index (χ0v) is 18.9. The minimum absolute atomic E-state index is 0.00311. The van der Waals surface area contributed by atoms with Crippen LogP contribution in [0.5, 0.6) is 0 Å². The summed E-state index contributed by atoms with van der Waals surface area (Å²) in [4.78, 5) is 58.8. The number of hydrogen-bond acceptors (Lipinski definition) is 7. The molecule has 0 fully saturated rings. The molecule has 1 amide bonds. The van der Waals surface area contributed by atoms with Crippen molar-refractivity contribution in [2.75, 3.05) is 10.6 Å². The van der Waals surface area contributed by atoms with Crippen LogP contribution in [0.2, 0.25) is 0 Å². The van der Waals surface area contributed by atoms with Crippen LogP contribution in [-0.4, -0.2) is 25.0 Å². The molecule has 3 heterocycles. The van der Waals surface area contributed by atoms with E-state index in [1.807, 2.05) is 6.92 Å². The molecule has 0 bridgehead atoms. The number of aromatic nitrogens is 4. The number of nitrogens with one attached hydrogen (secondary N) is 1. The first-order chi connectivity index (χ1) is 16.8. The summed E-state index contributed by atoms with van der Waals surface area (Å²) in [6.45, 7) is 1.47. The van der Waals surface area contributed by atoms with Crippen LogP contribution in [0, 0.1) is 5.82 Å². The molecule has 35 heavy (non-hydrogen) atoms. The number of fused-ring (bicyclic) bond motifs is 1. The van der Waals surface area contributed by atoms with Crippen LogP contribution in [-0.2, 0) is 24.4 Å². The summed E-state index contributed by atoms with van der Waals surface area (Å²) in [6, 6.07) is 6.79. The smallest absolute Gasteiger partial charge is 0.330 e. The molecule has 4 aromatic rings. The molecule has 0 aliphatic carbocycles. The maximum Gasteiger partial charge on any atom is 0.330 e. The van der Waals surface area contributed by atoms with Crippen LogP contribution >= 0.6 is 0 Å². The van der Waals surface area contributed by atoms with Gasteiger partial charge in [0.25, 0.3) is 11.1 Å². The second-order valence-electron chi connectivity index (χ2n) is 7.90. The Labute approximate surface area is 197 Å². The number of rotatable bonds is 8. The second kappa shape index (κ2) is 9.79. The van der Waals surface area contributed by atoms with Crippen molar-refractivity contribution < 1.29 is 13.6 Å². The number of halogens is 1. The summed E-state index contributed by atoms with van der Waals surface area (Å²) in [7, 11) is 0. The minimum atomic E-state index is -0.855. The van der Waals surface area contributed by atoms with Gasteiger partial charge in [-0.2, -0.15) is 0 Å². The highest BCUT2D eigenvalue weighted by molar-refractivity contribution is 5.95. The molecule has 0 unspecified atom stereocenters. The lowest BCUT2D eigenvalue weighted by molar-refractivity contribution is -0.119. The molecule has 0 saturated carbocycles. The first kappa shape index (κ1) is 23.7. The summed E-state index contributed by atoms with van der Waals surface area (Å²) in [5.41, 5.74) is 4.06. The largest absolute Gasteiger partial charge is 0.467 e. The van der Waals surface area contributed by atoms with Crippen LogP contribution in [0.4, 0.5) is 15.9 Å². The molecule has 182 valence electrons. The third-order valence-electron chi connectivity index (χ3n) is 5.51. The standard InChI is InChI=1S/C23H23FN6O5/c1-2-3-8-29-20(25)19(21(32)27-23(29)34)30(11-15-5-4-9-35-15)18(31)12-28-13-26-17-7-6-14(24)10-16(17)22(28)33/h4-7,9-10,13H,2-3,8,11-12,25H2,1H3,(H,27,32,34). The molecule has 12 heteroatoms. The lowest BCUT2D eigenvalue weighted by Gasteiger charge is -2.24. The molecular formula is C23H23FN6O5. The normalized spacial score (nSPS) is 11.1. The number of carbonyl (C=O) groups excluding carboxylic acids is 1. The number of amides is 1. The molecule has 0 saturated heterocycles. The first-order valence-corrected chi connectivity index (χ1v) is 10.9. The summed E-state index contributed by atoms with van der Waals surface area (Å²) in [6.07, 6.45) is 3.96. The van der Waals surface area contributed by atoms with E-state index in [9.17, 15) is 23.6 Å². The van der Waals surface area contributed by atoms with Crippen molar-refractivity contribution in [3.8, 4) is 0 Å². The highest BCUT2D eigenvalue weighted by Gasteiger charge is 2.26. The molecule has 0 atom stereocenters. The number of nitrogens with two attached hydrogens (primary N) is 1. The number of anilines is 2. The van der Waals surface area contributed by atoms with Gasteiger partial charge in [0, 0.05) is 6.54 Å². The molecule has 0 aliphatic heterocycles. The molecular weight excluding hydrogens is 459 g/mol. The predicted octanol–water partition coefficient (Wildman–Crippen LogP) is 1.59. The van der Waals surface area contributed by atoms with Gasteiger partial charge in [-0.15, -0.1) is 0 Å². The van der Waals surface area contributed by atoms with Crippen molar-refractivity contribution in [3.05, 3.63) is 85.7 Å². The van der Waals surface area contributed by atoms with E-state index < -0.39 is 35.1 Å². The Morgan fingerprint density at radius 2 is 2.06 bits per heavy atom. The van der Waals surface area contributed by atoms with Crippen molar-refractivity contribution in [1.82, 2.24) is 19.1 Å². The van der Waals surface area contributed by atoms with Gasteiger partial charge in [-0.1, -0.05) is 13.3 Å². The Hall–Kier alpha value is -4.48. The SMILES string of the molecule is CCCCn1c(N)c(N(Cc2ccco2)C(=O)Cn2cnc3ccc(F)cc3c2=O)c(=O)[nH]c1=O. The lowest BCUT2D eigenvalue weighted by atomic mass is 10.2. The summed E-state index contributed by atoms with van der Waals surface area (Å²) in [5.74, 6) is -1.15. The molecule has 3 N–H and O–H groups in total. The number of carbonyl (C=O) groups is 1. The highest BCUT2D eigenvalue weighted by Crippen LogP contribution is 2.21. The van der Waals surface area contributed by atoms with E-state index in [0.717, 1.165) is 22.0 Å². The fraction of sp³-hybridized carbons (Fsp3) is 0.261. The monoisotopic (exact) mass is 482 g/mol. The molecule has 11 nitrogen and oxygen atoms in total. The van der Waals surface area contributed by atoms with E-state index in [2.05, 4.69) is 9.97 Å². The van der Waals surface area contributed by atoms with E-state index in [1.54, 1.807) is 12.1 Å². The summed E-state index contributed by atoms with van der Waals surface area (Å²) in [5, 5.41) is 0.00311. The Morgan fingerprint density at radius 3 is 2.77 bits per heavy atom. The van der Waals surface area contributed by atoms with Gasteiger partial charge in [0.2, 0.25) is 5.91 Å². The van der Waals surface area contributed by atoms with Gasteiger partial charge in [0.1, 0.15) is 23.9 Å². The number of hydrogen-bond donors (Lipinski definition) is 2. The molecule has 0 radical (unpaired) electrons. The average molecular weight is 482 g/mol. The van der Waals surface area contributed by atoms with E-state index in [4.69, 9.17) is 10.2 Å². The van der Waals surface area contributed by atoms with Crippen LogP contribution < -0.4 is 27.4 Å². The Balaban J connectivity index is 1.78. The summed E-state index contributed by atoms with van der Waals surface area (Å²) < 4.78 is 21.2. The maximum absolute atomic E-state index is 13.7. The second-order valence-corrected chi connectivity index (χ2v) is 7.90. The van der Waals surface area contributed by atoms with Gasteiger partial charge < -0.3 is 10.2 Å². The minimum Gasteiger partial charge on any atom is -0.467 e. The third kappa shape index (κ3) is 4.76. The number of benzene rings is 1. The van der Waals surface area contributed by atoms with Gasteiger partial charge in [0.05, 0.1) is 30.0 Å². The van der Waals surface area contributed by atoms with Crippen molar-refractivity contribution in [3.63, 3.8) is 0 Å². The summed E-state index contributed by atoms with van der Waals surface area (Å²) >= 11 is 0. The fourth-order valence-electron chi connectivity index (χ4n) is 3.70. The first-order valence-electron chi connectivity index (χ1n) is 10.9. The third-order valence-corrected chi connectivity index (χ3v) is 5.51. The zero-order chi connectivity index (χ0) is 25.1. The predicted molar refractivity (Wildman–Crippen MR) is 127 cm³/mol. The van der Waals surface area contributed by atoms with Gasteiger partial charge in [-0.05, 0) is 36.8 Å². The van der Waals surface area contributed by atoms with E-state index in [0.29, 0.717) is 12.2 Å². The highest BCUT2D eigenvalue weighted by atomic mass is 19.1. The van der Waals surface area contributed by atoms with E-state index in [1.165, 1.54) is 29.3 Å². The van der Waals surface area contributed by atoms with Crippen molar-refractivity contribution in [2.24, 2.45) is 0 Å². The number of aromatic amines is 1. The van der Waals surface area contributed by atoms with E-state index >= 15 is 0 Å². The van der Waals surface area contributed by atoms with Gasteiger partial charge >= 0.3 is 5.69 Å². The average Bonchev–Trinajstić information content (AvgIpc) is 3.33. The fourth-order valence-corrected chi connectivity index (χ4v) is 3.70. The van der Waals surface area contributed by atoms with Crippen molar-refractivity contribution in [2.45, 2.75) is 39.4 Å². The number of H-pyrrole nitrogens is 1. The van der Waals surface area contributed by atoms with Crippen LogP contribution in [0.25, 0.3) is 10.9 Å². The molecule has 0 spiro atoms. The molecule has 4 rings (SSSR count). The quantitative estimate of drug-likeness (QED) is 0.387. The van der Waals surface area contributed by atoms with Crippen LogP contribution in [0.1, 0.15) is 25.5 Å². The number of nitrogen functional groups attached to an aromatic ring is 1. The van der Waals surface area contributed by atoms with Crippen LogP contribution in [0.15, 0.2) is 61.7 Å². The number of unbranched alkanes of at least 4 members (excludes halogenated alkanes) is 1. The maximum atomic E-state index is 13.7. The topological polar surface area (TPSA) is 149 Å². The number of furan rings is 1. The van der Waals surface area contributed by atoms with E-state index in [-0.39, 0.29) is 35.5 Å². The van der Waals surface area contributed by atoms with Gasteiger partial charge in [0.15, 0.2) is 5.69 Å². The van der Waals surface area contributed by atoms with Crippen molar-refractivity contribution in [1.29, 1.82) is 0 Å².